The molecule has 4 nitrogen and oxygen atoms in total. The van der Waals surface area contributed by atoms with E-state index in [2.05, 4.69) is 12.2 Å². The van der Waals surface area contributed by atoms with E-state index >= 15 is 0 Å². The zero-order valence-corrected chi connectivity index (χ0v) is 8.95. The maximum Gasteiger partial charge on any atom is 0.219 e. The number of primary amides is 1. The SMILES string of the molecule is CCNC(CC(N)=O)C1CCC(C)O1. The topological polar surface area (TPSA) is 64.3 Å². The van der Waals surface area contributed by atoms with Crippen LogP contribution in [0.15, 0.2) is 0 Å². The van der Waals surface area contributed by atoms with Gasteiger partial charge in [0.25, 0.3) is 0 Å². The van der Waals surface area contributed by atoms with Crippen molar-refractivity contribution in [2.75, 3.05) is 6.54 Å². The fourth-order valence-corrected chi connectivity index (χ4v) is 1.94. The number of rotatable bonds is 5. The van der Waals surface area contributed by atoms with Crippen LogP contribution in [0.5, 0.6) is 0 Å². The molecule has 0 aliphatic carbocycles. The van der Waals surface area contributed by atoms with Crippen LogP contribution in [0.4, 0.5) is 0 Å². The van der Waals surface area contributed by atoms with Gasteiger partial charge in [0, 0.05) is 12.5 Å². The Morgan fingerprint density at radius 2 is 2.36 bits per heavy atom. The van der Waals surface area contributed by atoms with Gasteiger partial charge in [-0.1, -0.05) is 6.92 Å². The first-order valence-electron chi connectivity index (χ1n) is 5.30. The smallest absolute Gasteiger partial charge is 0.219 e. The summed E-state index contributed by atoms with van der Waals surface area (Å²) in [4.78, 5) is 10.8. The van der Waals surface area contributed by atoms with E-state index in [1.807, 2.05) is 6.92 Å². The molecule has 4 heteroatoms. The van der Waals surface area contributed by atoms with Crippen molar-refractivity contribution in [3.63, 3.8) is 0 Å². The molecule has 3 atom stereocenters. The number of carbonyl (C=O) groups is 1. The Labute approximate surface area is 85.2 Å². The fourth-order valence-electron chi connectivity index (χ4n) is 1.94. The van der Waals surface area contributed by atoms with E-state index in [0.717, 1.165) is 19.4 Å². The molecule has 1 fully saturated rings. The highest BCUT2D eigenvalue weighted by Gasteiger charge is 2.29. The number of nitrogens with one attached hydrogen (secondary N) is 1. The van der Waals surface area contributed by atoms with E-state index in [1.54, 1.807) is 0 Å². The zero-order valence-electron chi connectivity index (χ0n) is 8.95. The second kappa shape index (κ2) is 5.32. The molecule has 1 rings (SSSR count). The molecule has 0 aromatic carbocycles. The second-order valence-electron chi connectivity index (χ2n) is 3.90. The highest BCUT2D eigenvalue weighted by atomic mass is 16.5. The minimum Gasteiger partial charge on any atom is -0.374 e. The molecular formula is C10H20N2O2. The molecule has 0 aromatic rings. The molecular weight excluding hydrogens is 180 g/mol. The zero-order chi connectivity index (χ0) is 10.6. The average Bonchev–Trinajstić information content (AvgIpc) is 2.50. The van der Waals surface area contributed by atoms with Crippen LogP contribution >= 0.6 is 0 Å². The Balaban J connectivity index is 2.44. The normalized spacial score (nSPS) is 29.0. The van der Waals surface area contributed by atoms with E-state index in [4.69, 9.17) is 10.5 Å². The highest BCUT2D eigenvalue weighted by molar-refractivity contribution is 5.74. The number of nitrogens with two attached hydrogens (primary N) is 1. The molecule has 1 aliphatic heterocycles. The van der Waals surface area contributed by atoms with Gasteiger partial charge in [-0.05, 0) is 26.3 Å². The number of carbonyl (C=O) groups excluding carboxylic acids is 1. The summed E-state index contributed by atoms with van der Waals surface area (Å²) < 4.78 is 5.71. The summed E-state index contributed by atoms with van der Waals surface area (Å²) in [5.74, 6) is -0.265. The first-order chi connectivity index (χ1) is 6.63. The summed E-state index contributed by atoms with van der Waals surface area (Å²) in [7, 11) is 0. The maximum atomic E-state index is 10.8. The quantitative estimate of drug-likeness (QED) is 0.675. The Morgan fingerprint density at radius 1 is 1.64 bits per heavy atom. The van der Waals surface area contributed by atoms with Gasteiger partial charge in [0.05, 0.1) is 12.2 Å². The number of hydrogen-bond donors (Lipinski definition) is 2. The summed E-state index contributed by atoms with van der Waals surface area (Å²) in [5.41, 5.74) is 5.19. The molecule has 1 aliphatic rings. The van der Waals surface area contributed by atoms with Crippen LogP contribution in [-0.4, -0.2) is 30.7 Å². The van der Waals surface area contributed by atoms with E-state index in [-0.39, 0.29) is 18.1 Å². The average molecular weight is 200 g/mol. The molecule has 0 radical (unpaired) electrons. The van der Waals surface area contributed by atoms with Crippen molar-refractivity contribution < 1.29 is 9.53 Å². The van der Waals surface area contributed by atoms with Crippen molar-refractivity contribution in [1.82, 2.24) is 5.32 Å². The monoisotopic (exact) mass is 200 g/mol. The van der Waals surface area contributed by atoms with Crippen LogP contribution in [0.1, 0.15) is 33.1 Å². The number of likely N-dealkylation sites (N-methyl/N-ethyl adjacent to an activating group) is 1. The third kappa shape index (κ3) is 3.27. The summed E-state index contributed by atoms with van der Waals surface area (Å²) in [5, 5.41) is 3.25. The third-order valence-electron chi connectivity index (χ3n) is 2.60. The number of amides is 1. The van der Waals surface area contributed by atoms with Crippen LogP contribution in [0, 0.1) is 0 Å². The Morgan fingerprint density at radius 3 is 2.79 bits per heavy atom. The number of hydrogen-bond acceptors (Lipinski definition) is 3. The summed E-state index contributed by atoms with van der Waals surface area (Å²) in [6.45, 7) is 4.92. The minimum atomic E-state index is -0.265. The van der Waals surface area contributed by atoms with Crippen molar-refractivity contribution in [2.24, 2.45) is 5.73 Å². The fraction of sp³-hybridized carbons (Fsp3) is 0.900. The number of ether oxygens (including phenoxy) is 1. The van der Waals surface area contributed by atoms with Crippen LogP contribution in [0.3, 0.4) is 0 Å². The first kappa shape index (κ1) is 11.5. The molecule has 14 heavy (non-hydrogen) atoms. The van der Waals surface area contributed by atoms with Crippen molar-refractivity contribution in [3.8, 4) is 0 Å². The summed E-state index contributed by atoms with van der Waals surface area (Å²) >= 11 is 0. The van der Waals surface area contributed by atoms with Gasteiger partial charge in [-0.3, -0.25) is 4.79 Å². The molecule has 0 spiro atoms. The molecule has 0 aromatic heterocycles. The third-order valence-corrected chi connectivity index (χ3v) is 2.60. The summed E-state index contributed by atoms with van der Waals surface area (Å²) in [6.07, 6.45) is 2.93. The standard InChI is InChI=1S/C10H20N2O2/c1-3-12-8(6-10(11)13)9-5-4-7(2)14-9/h7-9,12H,3-6H2,1-2H3,(H2,11,13). The van der Waals surface area contributed by atoms with E-state index < -0.39 is 0 Å². The van der Waals surface area contributed by atoms with E-state index in [0.29, 0.717) is 12.5 Å². The van der Waals surface area contributed by atoms with Gasteiger partial charge < -0.3 is 15.8 Å². The predicted octanol–water partition coefficient (Wildman–Crippen LogP) is 0.407. The highest BCUT2D eigenvalue weighted by Crippen LogP contribution is 2.22. The molecule has 1 saturated heterocycles. The lowest BCUT2D eigenvalue weighted by molar-refractivity contribution is -0.119. The van der Waals surface area contributed by atoms with Crippen LogP contribution in [-0.2, 0) is 9.53 Å². The molecule has 1 heterocycles. The van der Waals surface area contributed by atoms with E-state index in [1.165, 1.54) is 0 Å². The first-order valence-corrected chi connectivity index (χ1v) is 5.30. The summed E-state index contributed by atoms with van der Waals surface area (Å²) in [6, 6.07) is 0.0856. The Hall–Kier alpha value is -0.610. The molecule has 3 N–H and O–H groups in total. The van der Waals surface area contributed by atoms with Crippen molar-refractivity contribution in [2.45, 2.75) is 51.4 Å². The molecule has 82 valence electrons. The Kier molecular flexibility index (Phi) is 4.35. The van der Waals surface area contributed by atoms with Crippen molar-refractivity contribution in [1.29, 1.82) is 0 Å². The molecule has 0 saturated carbocycles. The van der Waals surface area contributed by atoms with Gasteiger partial charge in [0.1, 0.15) is 0 Å². The lowest BCUT2D eigenvalue weighted by Gasteiger charge is -2.23. The second-order valence-corrected chi connectivity index (χ2v) is 3.90. The largest absolute Gasteiger partial charge is 0.374 e. The van der Waals surface area contributed by atoms with Crippen LogP contribution < -0.4 is 11.1 Å². The lowest BCUT2D eigenvalue weighted by Crippen LogP contribution is -2.42. The van der Waals surface area contributed by atoms with Gasteiger partial charge >= 0.3 is 0 Å². The van der Waals surface area contributed by atoms with Crippen molar-refractivity contribution in [3.05, 3.63) is 0 Å². The van der Waals surface area contributed by atoms with Gasteiger partial charge in [-0.15, -0.1) is 0 Å². The van der Waals surface area contributed by atoms with Crippen LogP contribution in [0.2, 0.25) is 0 Å². The Bertz CT molecular complexity index is 197. The van der Waals surface area contributed by atoms with Gasteiger partial charge in [0.2, 0.25) is 5.91 Å². The van der Waals surface area contributed by atoms with Gasteiger partial charge in [-0.25, -0.2) is 0 Å². The van der Waals surface area contributed by atoms with Crippen LogP contribution in [0.25, 0.3) is 0 Å². The van der Waals surface area contributed by atoms with Crippen molar-refractivity contribution >= 4 is 5.91 Å². The minimum absolute atomic E-state index is 0.0856. The predicted molar refractivity (Wildman–Crippen MR) is 54.8 cm³/mol. The molecule has 1 amide bonds. The lowest BCUT2D eigenvalue weighted by atomic mass is 10.0. The van der Waals surface area contributed by atoms with Gasteiger partial charge in [-0.2, -0.15) is 0 Å². The van der Waals surface area contributed by atoms with E-state index in [9.17, 15) is 4.79 Å². The maximum absolute atomic E-state index is 10.8. The molecule has 0 bridgehead atoms. The molecule has 3 unspecified atom stereocenters. The van der Waals surface area contributed by atoms with Gasteiger partial charge in [0.15, 0.2) is 0 Å².